The van der Waals surface area contributed by atoms with Crippen LogP contribution < -0.4 is 5.32 Å². The first-order valence-electron chi connectivity index (χ1n) is 12.9. The van der Waals surface area contributed by atoms with Gasteiger partial charge in [0.25, 0.3) is 0 Å². The molecule has 1 aliphatic rings. The van der Waals surface area contributed by atoms with Crippen molar-refractivity contribution < 1.29 is 4.79 Å². The third kappa shape index (κ3) is 4.07. The van der Waals surface area contributed by atoms with Crippen LogP contribution in [0.2, 0.25) is 0 Å². The molecule has 38 heavy (non-hydrogen) atoms. The first-order chi connectivity index (χ1) is 18.6. The van der Waals surface area contributed by atoms with Crippen LogP contribution in [0.3, 0.4) is 0 Å². The van der Waals surface area contributed by atoms with Crippen molar-refractivity contribution in [2.75, 3.05) is 5.32 Å². The molecule has 0 radical (unpaired) electrons. The fourth-order valence-electron chi connectivity index (χ4n) is 5.45. The second-order valence-electron chi connectivity index (χ2n) is 10.0. The zero-order valence-electron chi connectivity index (χ0n) is 20.9. The summed E-state index contributed by atoms with van der Waals surface area (Å²) in [5.41, 5.74) is 7.51. The smallest absolute Gasteiger partial charge is 0.227 e. The second-order valence-corrected chi connectivity index (χ2v) is 11.3. The number of benzene rings is 1. The minimum absolute atomic E-state index is 0.0967. The molecule has 0 aliphatic heterocycles. The number of rotatable bonds is 5. The molecule has 5 heterocycles. The average Bonchev–Trinajstić information content (AvgIpc) is 3.74. The van der Waals surface area contributed by atoms with Gasteiger partial charge in [0.15, 0.2) is 0 Å². The molecule has 7 nitrogen and oxygen atoms in total. The maximum atomic E-state index is 12.6. The van der Waals surface area contributed by atoms with E-state index in [1.165, 1.54) is 9.75 Å². The Morgan fingerprint density at radius 2 is 1.79 bits per heavy atom. The van der Waals surface area contributed by atoms with E-state index in [9.17, 15) is 4.79 Å². The van der Waals surface area contributed by atoms with Gasteiger partial charge in [-0.05, 0) is 61.7 Å². The summed E-state index contributed by atoms with van der Waals surface area (Å²) in [6.07, 6.45) is 11.5. The number of aromatic amines is 2. The van der Waals surface area contributed by atoms with E-state index in [-0.39, 0.29) is 11.8 Å². The molecule has 188 valence electrons. The monoisotopic (exact) mass is 518 g/mol. The highest BCUT2D eigenvalue weighted by Crippen LogP contribution is 2.37. The summed E-state index contributed by atoms with van der Waals surface area (Å²) in [6.45, 7) is 2.12. The number of H-pyrrole nitrogens is 2. The predicted octanol–water partition coefficient (Wildman–Crippen LogP) is 7.33. The van der Waals surface area contributed by atoms with Crippen molar-refractivity contribution in [3.8, 4) is 33.0 Å². The van der Waals surface area contributed by atoms with E-state index in [4.69, 9.17) is 0 Å². The van der Waals surface area contributed by atoms with E-state index >= 15 is 0 Å². The highest BCUT2D eigenvalue weighted by molar-refractivity contribution is 7.15. The van der Waals surface area contributed by atoms with Crippen LogP contribution in [0, 0.1) is 12.8 Å². The Bertz CT molecular complexity index is 1810. The number of nitrogens with zero attached hydrogens (tertiary/aromatic N) is 3. The second kappa shape index (κ2) is 9.22. The Balaban J connectivity index is 1.24. The molecule has 1 saturated carbocycles. The van der Waals surface area contributed by atoms with Crippen molar-refractivity contribution in [2.24, 2.45) is 5.92 Å². The number of carbonyl (C=O) groups excluding carboxylic acids is 1. The summed E-state index contributed by atoms with van der Waals surface area (Å²) < 4.78 is 0. The van der Waals surface area contributed by atoms with E-state index in [1.54, 1.807) is 17.5 Å². The quantitative estimate of drug-likeness (QED) is 0.222. The molecule has 6 aromatic rings. The van der Waals surface area contributed by atoms with Crippen molar-refractivity contribution >= 4 is 44.7 Å². The minimum atomic E-state index is 0.0967. The van der Waals surface area contributed by atoms with Crippen molar-refractivity contribution in [1.82, 2.24) is 25.1 Å². The fourth-order valence-corrected chi connectivity index (χ4v) is 6.34. The van der Waals surface area contributed by atoms with E-state index in [2.05, 4.69) is 67.7 Å². The van der Waals surface area contributed by atoms with Crippen LogP contribution in [0.25, 0.3) is 54.8 Å². The van der Waals surface area contributed by atoms with Gasteiger partial charge < -0.3 is 10.3 Å². The molecule has 0 bridgehead atoms. The Kier molecular flexibility index (Phi) is 5.55. The van der Waals surface area contributed by atoms with Gasteiger partial charge in [0, 0.05) is 50.0 Å². The molecule has 1 fully saturated rings. The molecule has 0 spiro atoms. The molecular weight excluding hydrogens is 492 g/mol. The summed E-state index contributed by atoms with van der Waals surface area (Å²) in [4.78, 5) is 27.5. The predicted molar refractivity (Wildman–Crippen MR) is 153 cm³/mol. The summed E-state index contributed by atoms with van der Waals surface area (Å²) in [7, 11) is 0. The number of aromatic nitrogens is 5. The van der Waals surface area contributed by atoms with Crippen molar-refractivity contribution in [2.45, 2.75) is 32.6 Å². The van der Waals surface area contributed by atoms with Gasteiger partial charge in [0.1, 0.15) is 5.69 Å². The van der Waals surface area contributed by atoms with Gasteiger partial charge in [-0.2, -0.15) is 5.10 Å². The molecule has 0 atom stereocenters. The molecule has 1 aromatic carbocycles. The lowest BCUT2D eigenvalue weighted by molar-refractivity contribution is -0.119. The van der Waals surface area contributed by atoms with Gasteiger partial charge in [-0.3, -0.25) is 19.9 Å². The molecule has 1 aliphatic carbocycles. The van der Waals surface area contributed by atoms with Gasteiger partial charge in [-0.1, -0.05) is 18.9 Å². The first kappa shape index (κ1) is 22.9. The molecule has 1 amide bonds. The van der Waals surface area contributed by atoms with Crippen LogP contribution in [0.4, 0.5) is 5.69 Å². The number of nitrogens with one attached hydrogen (secondary N) is 3. The first-order valence-corrected chi connectivity index (χ1v) is 13.7. The summed E-state index contributed by atoms with van der Waals surface area (Å²) in [6, 6.07) is 14.7. The maximum absolute atomic E-state index is 12.6. The summed E-state index contributed by atoms with van der Waals surface area (Å²) >= 11 is 1.77. The van der Waals surface area contributed by atoms with E-state index in [1.807, 2.05) is 30.7 Å². The Morgan fingerprint density at radius 1 is 0.921 bits per heavy atom. The molecule has 7 rings (SSSR count). The molecule has 0 saturated heterocycles. The standard InChI is InChI=1S/C30H26N6OS/c1-17-6-9-28(38-17)24-15-32-16-27-22(24)12-26(34-27)29-23-11-19(7-8-25(23)35-36-29)20-10-21(14-31-13-20)33-30(37)18-4-2-3-5-18/h6-16,18,34H,2-5H2,1H3,(H,33,37)(H,35,36). The molecule has 0 unspecified atom stereocenters. The maximum Gasteiger partial charge on any atom is 0.227 e. The number of hydrogen-bond acceptors (Lipinski definition) is 5. The highest BCUT2D eigenvalue weighted by atomic mass is 32.1. The van der Waals surface area contributed by atoms with Crippen molar-refractivity contribution in [3.05, 3.63) is 72.1 Å². The van der Waals surface area contributed by atoms with Crippen LogP contribution in [0.5, 0.6) is 0 Å². The number of aryl methyl sites for hydroxylation is 1. The number of thiophene rings is 1. The topological polar surface area (TPSA) is 99.3 Å². The van der Waals surface area contributed by atoms with Gasteiger partial charge in [0.2, 0.25) is 5.91 Å². The van der Waals surface area contributed by atoms with Crippen molar-refractivity contribution in [3.63, 3.8) is 0 Å². The van der Waals surface area contributed by atoms with Crippen LogP contribution in [-0.4, -0.2) is 31.1 Å². The fraction of sp³-hybridized carbons (Fsp3) is 0.200. The lowest BCUT2D eigenvalue weighted by Gasteiger charge is -2.11. The Hall–Kier alpha value is -4.30. The number of pyridine rings is 2. The average molecular weight is 519 g/mol. The number of anilines is 1. The molecule has 3 N–H and O–H groups in total. The van der Waals surface area contributed by atoms with Crippen LogP contribution in [0.15, 0.2) is 67.3 Å². The van der Waals surface area contributed by atoms with Gasteiger partial charge in [0.05, 0.1) is 34.8 Å². The molecular formula is C30H26N6OS. The van der Waals surface area contributed by atoms with E-state index < -0.39 is 0 Å². The third-order valence-electron chi connectivity index (χ3n) is 7.43. The van der Waals surface area contributed by atoms with E-state index in [0.717, 1.165) is 81.3 Å². The lowest BCUT2D eigenvalue weighted by Crippen LogP contribution is -2.20. The Labute approximate surface area is 223 Å². The zero-order valence-corrected chi connectivity index (χ0v) is 21.7. The van der Waals surface area contributed by atoms with Crippen LogP contribution >= 0.6 is 11.3 Å². The highest BCUT2D eigenvalue weighted by Gasteiger charge is 2.23. The lowest BCUT2D eigenvalue weighted by atomic mass is 10.0. The summed E-state index contributed by atoms with van der Waals surface area (Å²) in [5, 5.41) is 13.0. The molecule has 8 heteroatoms. The minimum Gasteiger partial charge on any atom is -0.352 e. The van der Waals surface area contributed by atoms with Crippen LogP contribution in [0.1, 0.15) is 30.6 Å². The Morgan fingerprint density at radius 3 is 2.63 bits per heavy atom. The van der Waals surface area contributed by atoms with Gasteiger partial charge >= 0.3 is 0 Å². The summed E-state index contributed by atoms with van der Waals surface area (Å²) in [5.74, 6) is 0.207. The molecule has 5 aromatic heterocycles. The number of fused-ring (bicyclic) bond motifs is 2. The van der Waals surface area contributed by atoms with Crippen molar-refractivity contribution in [1.29, 1.82) is 0 Å². The largest absolute Gasteiger partial charge is 0.352 e. The third-order valence-corrected chi connectivity index (χ3v) is 8.47. The SMILES string of the molecule is Cc1ccc(-c2cncc3[nH]c(-c4n[nH]c5ccc(-c6cncc(NC(=O)C7CCCC7)c6)cc45)cc23)s1. The normalized spacial score (nSPS) is 14.0. The number of amides is 1. The van der Waals surface area contributed by atoms with Gasteiger partial charge in [-0.15, -0.1) is 11.3 Å². The van der Waals surface area contributed by atoms with E-state index in [0.29, 0.717) is 0 Å². The number of carbonyl (C=O) groups is 1. The zero-order chi connectivity index (χ0) is 25.6. The van der Waals surface area contributed by atoms with Crippen LogP contribution in [-0.2, 0) is 4.79 Å². The number of hydrogen-bond donors (Lipinski definition) is 3. The van der Waals surface area contributed by atoms with Gasteiger partial charge in [-0.25, -0.2) is 0 Å².